The van der Waals surface area contributed by atoms with Crippen LogP contribution in [0.15, 0.2) is 12.2 Å². The number of hydrogen-bond acceptors (Lipinski definition) is 4. The fraction of sp³-hybridized carbons (Fsp3) is 0.625. The lowest BCUT2D eigenvalue weighted by Gasteiger charge is -2.04. The predicted octanol–water partition coefficient (Wildman–Crippen LogP) is 0.995. The first-order valence-corrected chi connectivity index (χ1v) is 6.02. The molecule has 0 saturated heterocycles. The molecule has 0 aromatic heterocycles. The van der Waals surface area contributed by atoms with Crippen LogP contribution in [0.3, 0.4) is 0 Å². The first kappa shape index (κ1) is 14.3. The standard InChI is InChI=1S/C8H15O6P/c1-2-3-4-5-8(9)13-6-7-14-15(10,11)12/h4-5H,2-3,6-7H2,1H3,(H2,10,11,12). The number of allylic oxidation sites excluding steroid dienone is 1. The van der Waals surface area contributed by atoms with Gasteiger partial charge in [-0.1, -0.05) is 19.4 Å². The maximum atomic E-state index is 10.9. The number of unbranched alkanes of at least 4 members (excludes halogenated alkanes) is 1. The van der Waals surface area contributed by atoms with Crippen LogP contribution >= 0.6 is 7.82 Å². The minimum atomic E-state index is -4.46. The molecule has 0 spiro atoms. The minimum Gasteiger partial charge on any atom is -0.460 e. The van der Waals surface area contributed by atoms with Crippen molar-refractivity contribution in [1.29, 1.82) is 0 Å². The average molecular weight is 238 g/mol. The van der Waals surface area contributed by atoms with Crippen molar-refractivity contribution < 1.29 is 28.4 Å². The summed E-state index contributed by atoms with van der Waals surface area (Å²) < 4.78 is 18.9. The van der Waals surface area contributed by atoms with Crippen molar-refractivity contribution in [3.05, 3.63) is 12.2 Å². The Kier molecular flexibility index (Phi) is 7.25. The van der Waals surface area contributed by atoms with Crippen LogP contribution < -0.4 is 0 Å². The lowest BCUT2D eigenvalue weighted by Crippen LogP contribution is -2.07. The van der Waals surface area contributed by atoms with Gasteiger partial charge in [0.1, 0.15) is 6.61 Å². The summed E-state index contributed by atoms with van der Waals surface area (Å²) >= 11 is 0. The van der Waals surface area contributed by atoms with E-state index in [1.165, 1.54) is 6.08 Å². The van der Waals surface area contributed by atoms with Gasteiger partial charge in [-0.15, -0.1) is 0 Å². The molecule has 0 aromatic rings. The van der Waals surface area contributed by atoms with E-state index in [0.29, 0.717) is 0 Å². The molecule has 0 amide bonds. The zero-order chi connectivity index (χ0) is 11.7. The first-order chi connectivity index (χ1) is 6.95. The van der Waals surface area contributed by atoms with Crippen molar-refractivity contribution >= 4 is 13.8 Å². The third kappa shape index (κ3) is 11.2. The third-order valence-electron chi connectivity index (χ3n) is 1.30. The van der Waals surface area contributed by atoms with E-state index in [0.717, 1.165) is 12.8 Å². The molecule has 0 aliphatic rings. The zero-order valence-electron chi connectivity index (χ0n) is 8.46. The Morgan fingerprint density at radius 3 is 2.60 bits per heavy atom. The van der Waals surface area contributed by atoms with E-state index >= 15 is 0 Å². The molecule has 0 atom stereocenters. The molecule has 2 N–H and O–H groups in total. The fourth-order valence-corrected chi connectivity index (χ4v) is 1.01. The monoisotopic (exact) mass is 238 g/mol. The molecule has 0 rings (SSSR count). The molecule has 0 bridgehead atoms. The second-order valence-electron chi connectivity index (χ2n) is 2.68. The topological polar surface area (TPSA) is 93.1 Å². The molecule has 7 heteroatoms. The van der Waals surface area contributed by atoms with Gasteiger partial charge in [-0.25, -0.2) is 9.36 Å². The third-order valence-corrected chi connectivity index (χ3v) is 1.82. The molecule has 0 aliphatic heterocycles. The van der Waals surface area contributed by atoms with Gasteiger partial charge in [0.05, 0.1) is 6.61 Å². The SMILES string of the molecule is CCCC=CC(=O)OCCOP(=O)(O)O. The molecule has 0 heterocycles. The van der Waals surface area contributed by atoms with Crippen LogP contribution in [0, 0.1) is 0 Å². The molecule has 0 saturated carbocycles. The van der Waals surface area contributed by atoms with Crippen molar-refractivity contribution in [3.63, 3.8) is 0 Å². The van der Waals surface area contributed by atoms with Crippen molar-refractivity contribution in [2.45, 2.75) is 19.8 Å². The van der Waals surface area contributed by atoms with Gasteiger partial charge >= 0.3 is 13.8 Å². The highest BCUT2D eigenvalue weighted by Crippen LogP contribution is 2.35. The van der Waals surface area contributed by atoms with Crippen molar-refractivity contribution in [3.8, 4) is 0 Å². The molecule has 0 aliphatic carbocycles. The molecule has 88 valence electrons. The highest BCUT2D eigenvalue weighted by atomic mass is 31.2. The van der Waals surface area contributed by atoms with Gasteiger partial charge in [-0.05, 0) is 6.42 Å². The van der Waals surface area contributed by atoms with E-state index in [1.54, 1.807) is 6.08 Å². The second-order valence-corrected chi connectivity index (χ2v) is 3.92. The number of ether oxygens (including phenoxy) is 1. The van der Waals surface area contributed by atoms with Crippen LogP contribution in [0.1, 0.15) is 19.8 Å². The Balaban J connectivity index is 3.52. The number of esters is 1. The maximum absolute atomic E-state index is 10.9. The predicted molar refractivity (Wildman–Crippen MR) is 53.0 cm³/mol. The van der Waals surface area contributed by atoms with Crippen molar-refractivity contribution in [1.82, 2.24) is 0 Å². The number of phosphoric acid groups is 1. The van der Waals surface area contributed by atoms with Gasteiger partial charge in [0, 0.05) is 6.08 Å². The summed E-state index contributed by atoms with van der Waals surface area (Å²) in [6.45, 7) is 1.47. The first-order valence-electron chi connectivity index (χ1n) is 4.49. The molecule has 15 heavy (non-hydrogen) atoms. The Bertz CT molecular complexity index is 256. The molecular formula is C8H15O6P. The van der Waals surface area contributed by atoms with Crippen molar-refractivity contribution in [2.75, 3.05) is 13.2 Å². The van der Waals surface area contributed by atoms with E-state index in [1.807, 2.05) is 6.92 Å². The highest BCUT2D eigenvalue weighted by Gasteiger charge is 2.12. The smallest absolute Gasteiger partial charge is 0.460 e. The number of hydrogen-bond donors (Lipinski definition) is 2. The molecule has 0 fully saturated rings. The molecule has 0 radical (unpaired) electrons. The van der Waals surface area contributed by atoms with Gasteiger partial charge < -0.3 is 14.5 Å². The van der Waals surface area contributed by atoms with Gasteiger partial charge in [0.2, 0.25) is 0 Å². The van der Waals surface area contributed by atoms with Crippen LogP contribution in [-0.2, 0) is 18.6 Å². The largest absolute Gasteiger partial charge is 0.469 e. The van der Waals surface area contributed by atoms with Crippen molar-refractivity contribution in [2.24, 2.45) is 0 Å². The Hall–Kier alpha value is -0.680. The summed E-state index contributed by atoms with van der Waals surface area (Å²) in [5.74, 6) is -0.544. The molecule has 0 unspecified atom stereocenters. The lowest BCUT2D eigenvalue weighted by molar-refractivity contribution is -0.138. The highest BCUT2D eigenvalue weighted by molar-refractivity contribution is 7.46. The summed E-state index contributed by atoms with van der Waals surface area (Å²) in [4.78, 5) is 27.5. The summed E-state index contributed by atoms with van der Waals surface area (Å²) in [7, 11) is -4.46. The summed E-state index contributed by atoms with van der Waals surface area (Å²) in [6.07, 6.45) is 4.67. The van der Waals surface area contributed by atoms with Crippen LogP contribution in [-0.4, -0.2) is 29.0 Å². The number of carbonyl (C=O) groups is 1. The minimum absolute atomic E-state index is 0.180. The summed E-state index contributed by atoms with van der Waals surface area (Å²) in [5.41, 5.74) is 0. The van der Waals surface area contributed by atoms with E-state index < -0.39 is 13.8 Å². The number of phosphoric ester groups is 1. The van der Waals surface area contributed by atoms with E-state index in [-0.39, 0.29) is 13.2 Å². The quantitative estimate of drug-likeness (QED) is 0.297. The summed E-state index contributed by atoms with van der Waals surface area (Å²) in [5, 5.41) is 0. The van der Waals surface area contributed by atoms with E-state index in [9.17, 15) is 9.36 Å². The second kappa shape index (κ2) is 7.59. The maximum Gasteiger partial charge on any atom is 0.469 e. The average Bonchev–Trinajstić information content (AvgIpc) is 2.11. The number of carbonyl (C=O) groups excluding carboxylic acids is 1. The Labute approximate surface area is 88.1 Å². The molecule has 6 nitrogen and oxygen atoms in total. The van der Waals surface area contributed by atoms with Gasteiger partial charge in [0.25, 0.3) is 0 Å². The zero-order valence-corrected chi connectivity index (χ0v) is 9.35. The van der Waals surface area contributed by atoms with Crippen LogP contribution in [0.2, 0.25) is 0 Å². The van der Waals surface area contributed by atoms with E-state index in [2.05, 4.69) is 9.26 Å². The van der Waals surface area contributed by atoms with Gasteiger partial charge in [0.15, 0.2) is 0 Å². The lowest BCUT2D eigenvalue weighted by atomic mass is 10.3. The Morgan fingerprint density at radius 1 is 1.40 bits per heavy atom. The van der Waals surface area contributed by atoms with Gasteiger partial charge in [-0.2, -0.15) is 0 Å². The molecule has 0 aromatic carbocycles. The van der Waals surface area contributed by atoms with Crippen LogP contribution in [0.5, 0.6) is 0 Å². The molecular weight excluding hydrogens is 223 g/mol. The van der Waals surface area contributed by atoms with Gasteiger partial charge in [-0.3, -0.25) is 4.52 Å². The van der Waals surface area contributed by atoms with Crippen LogP contribution in [0.4, 0.5) is 0 Å². The van der Waals surface area contributed by atoms with E-state index in [4.69, 9.17) is 9.79 Å². The summed E-state index contributed by atoms with van der Waals surface area (Å²) in [6, 6.07) is 0. The Morgan fingerprint density at radius 2 is 2.07 bits per heavy atom. The van der Waals surface area contributed by atoms with Crippen LogP contribution in [0.25, 0.3) is 0 Å². The number of rotatable bonds is 7. The normalized spacial score (nSPS) is 11.9. The fourth-order valence-electron chi connectivity index (χ4n) is 0.693.